The Hall–Kier alpha value is -1.27. The molecule has 0 atom stereocenters. The Morgan fingerprint density at radius 3 is 0.820 bits per heavy atom. The Bertz CT molecular complexity index is 685. The van der Waals surface area contributed by atoms with Gasteiger partial charge in [-0.2, -0.15) is 0 Å². The van der Waals surface area contributed by atoms with Gasteiger partial charge in [0.15, 0.2) is 0 Å². The Labute approximate surface area is 301 Å². The van der Waals surface area contributed by atoms with Gasteiger partial charge in [0.05, 0.1) is 152 Å². The van der Waals surface area contributed by atoms with Crippen molar-refractivity contribution in [2.45, 2.75) is 52.4 Å². The van der Waals surface area contributed by atoms with Gasteiger partial charge >= 0.3 is 5.97 Å². The summed E-state index contributed by atoms with van der Waals surface area (Å²) in [6.07, 6.45) is 7.66. The minimum Gasteiger partial charge on any atom is -0.460 e. The summed E-state index contributed by atoms with van der Waals surface area (Å²) < 4.78 is 70.6. The average Bonchev–Trinajstić information content (AvgIpc) is 3.11. The summed E-state index contributed by atoms with van der Waals surface area (Å²) >= 11 is 0. The van der Waals surface area contributed by atoms with E-state index in [-0.39, 0.29) is 6.61 Å². The lowest BCUT2D eigenvalue weighted by Crippen LogP contribution is -2.16. The van der Waals surface area contributed by atoms with E-state index in [4.69, 9.17) is 61.6 Å². The molecule has 0 aliphatic carbocycles. The second-order valence-corrected chi connectivity index (χ2v) is 11.0. The molecule has 0 saturated carbocycles. The van der Waals surface area contributed by atoms with Crippen molar-refractivity contribution in [1.82, 2.24) is 0 Å². The van der Waals surface area contributed by atoms with Crippen LogP contribution in [0.4, 0.5) is 0 Å². The van der Waals surface area contributed by atoms with Crippen LogP contribution >= 0.6 is 0 Å². The summed E-state index contributed by atoms with van der Waals surface area (Å²) in [5, 5.41) is 0. The van der Waals surface area contributed by atoms with E-state index in [2.05, 4.69) is 13.5 Å². The Morgan fingerprint density at radius 2 is 0.560 bits per heavy atom. The van der Waals surface area contributed by atoms with E-state index in [1.54, 1.807) is 6.92 Å². The number of carbonyl (C=O) groups is 1. The highest BCUT2D eigenvalue weighted by Gasteiger charge is 2.02. The van der Waals surface area contributed by atoms with Crippen LogP contribution in [0, 0.1) is 0 Å². The van der Waals surface area contributed by atoms with E-state index in [0.29, 0.717) is 158 Å². The number of rotatable bonds is 44. The highest BCUT2D eigenvalue weighted by atomic mass is 16.6. The van der Waals surface area contributed by atoms with Crippen LogP contribution in [0.5, 0.6) is 0 Å². The quantitative estimate of drug-likeness (QED) is 0.0513. The molecular weight excluding hydrogens is 656 g/mol. The highest BCUT2D eigenvalue weighted by Crippen LogP contribution is 2.04. The molecule has 0 aliphatic rings. The zero-order valence-electron chi connectivity index (χ0n) is 31.3. The van der Waals surface area contributed by atoms with E-state index in [1.165, 1.54) is 32.1 Å². The van der Waals surface area contributed by atoms with E-state index in [0.717, 1.165) is 13.0 Å². The predicted octanol–water partition coefficient (Wildman–Crippen LogP) is 3.67. The molecule has 0 amide bonds. The first-order chi connectivity index (χ1) is 24.7. The van der Waals surface area contributed by atoms with Crippen LogP contribution in [0.25, 0.3) is 0 Å². The summed E-state index contributed by atoms with van der Waals surface area (Å²) in [6, 6.07) is 0. The lowest BCUT2D eigenvalue weighted by molar-refractivity contribution is -0.140. The highest BCUT2D eigenvalue weighted by molar-refractivity contribution is 5.86. The molecule has 14 heteroatoms. The van der Waals surface area contributed by atoms with Crippen molar-refractivity contribution >= 4 is 5.97 Å². The lowest BCUT2D eigenvalue weighted by atomic mass is 10.1. The normalized spacial score (nSPS) is 11.4. The SMILES string of the molecule is C=C(C)C(=O)OCCOCCOCCOCCOCCOCCOCCOCCOCCOCCOCCOCCOCCCCCCCC. The Kier molecular flexibility index (Phi) is 42.8. The third-order valence-electron chi connectivity index (χ3n) is 6.54. The van der Waals surface area contributed by atoms with Gasteiger partial charge in [0.25, 0.3) is 0 Å². The first-order valence-electron chi connectivity index (χ1n) is 18.4. The summed E-state index contributed by atoms with van der Waals surface area (Å²) in [5.74, 6) is -0.412. The number of ether oxygens (including phenoxy) is 13. The lowest BCUT2D eigenvalue weighted by Gasteiger charge is -2.09. The van der Waals surface area contributed by atoms with E-state index < -0.39 is 5.97 Å². The third kappa shape index (κ3) is 42.9. The molecular formula is C36H70O14. The molecule has 0 N–H and O–H groups in total. The molecule has 0 heterocycles. The molecule has 0 radical (unpaired) electrons. The van der Waals surface area contributed by atoms with Gasteiger partial charge in [-0.3, -0.25) is 0 Å². The van der Waals surface area contributed by atoms with Crippen LogP contribution in [0.1, 0.15) is 52.4 Å². The van der Waals surface area contributed by atoms with Crippen LogP contribution in [0.2, 0.25) is 0 Å². The van der Waals surface area contributed by atoms with Gasteiger partial charge in [-0.1, -0.05) is 45.6 Å². The van der Waals surface area contributed by atoms with Crippen molar-refractivity contribution in [1.29, 1.82) is 0 Å². The van der Waals surface area contributed by atoms with Crippen molar-refractivity contribution in [3.63, 3.8) is 0 Å². The molecule has 0 fully saturated rings. The van der Waals surface area contributed by atoms with Crippen molar-refractivity contribution < 1.29 is 66.4 Å². The maximum absolute atomic E-state index is 11.2. The first-order valence-corrected chi connectivity index (χ1v) is 18.4. The summed E-state index contributed by atoms with van der Waals surface area (Å²) in [6.45, 7) is 19.9. The predicted molar refractivity (Wildman–Crippen MR) is 189 cm³/mol. The Morgan fingerprint density at radius 1 is 0.340 bits per heavy atom. The third-order valence-corrected chi connectivity index (χ3v) is 6.54. The van der Waals surface area contributed by atoms with Gasteiger partial charge in [-0.25, -0.2) is 4.79 Å². The van der Waals surface area contributed by atoms with Crippen molar-refractivity contribution in [2.75, 3.05) is 165 Å². The van der Waals surface area contributed by atoms with Gasteiger partial charge in [-0.05, 0) is 13.3 Å². The minimum absolute atomic E-state index is 0.199. The van der Waals surface area contributed by atoms with Crippen molar-refractivity contribution in [3.05, 3.63) is 12.2 Å². The second-order valence-electron chi connectivity index (χ2n) is 11.0. The van der Waals surface area contributed by atoms with Crippen LogP contribution in [-0.2, 0) is 66.4 Å². The van der Waals surface area contributed by atoms with E-state index in [1.807, 2.05) is 0 Å². The van der Waals surface area contributed by atoms with Crippen molar-refractivity contribution in [3.8, 4) is 0 Å². The molecule has 0 spiro atoms. The molecule has 0 aromatic carbocycles. The molecule has 0 saturated heterocycles. The molecule has 0 aromatic rings. The molecule has 0 aromatic heterocycles. The standard InChI is InChI=1S/C36H70O14/c1-4-5-6-7-8-9-10-38-11-12-39-13-14-40-15-16-41-17-18-42-19-20-43-21-22-44-23-24-45-25-26-46-27-28-47-29-30-48-31-32-49-33-34-50-36(37)35(2)3/h2,4-34H2,1,3H3. The van der Waals surface area contributed by atoms with Crippen LogP contribution in [-0.4, -0.2) is 171 Å². The fourth-order valence-electron chi connectivity index (χ4n) is 3.82. The van der Waals surface area contributed by atoms with E-state index in [9.17, 15) is 4.79 Å². The molecule has 298 valence electrons. The molecule has 0 unspecified atom stereocenters. The molecule has 0 rings (SSSR count). The van der Waals surface area contributed by atoms with Gasteiger partial charge in [0.1, 0.15) is 6.61 Å². The zero-order valence-corrected chi connectivity index (χ0v) is 31.3. The monoisotopic (exact) mass is 726 g/mol. The summed E-state index contributed by atoms with van der Waals surface area (Å²) in [7, 11) is 0. The number of carbonyl (C=O) groups excluding carboxylic acids is 1. The van der Waals surface area contributed by atoms with Crippen molar-refractivity contribution in [2.24, 2.45) is 0 Å². The summed E-state index contributed by atoms with van der Waals surface area (Å²) in [4.78, 5) is 11.2. The Balaban J connectivity index is 3.07. The molecule has 50 heavy (non-hydrogen) atoms. The first kappa shape index (κ1) is 48.7. The van der Waals surface area contributed by atoms with Crippen LogP contribution in [0.15, 0.2) is 12.2 Å². The minimum atomic E-state index is -0.412. The largest absolute Gasteiger partial charge is 0.460 e. The zero-order chi connectivity index (χ0) is 36.3. The fraction of sp³-hybridized carbons (Fsp3) is 0.917. The molecule has 14 nitrogen and oxygen atoms in total. The maximum atomic E-state index is 11.2. The topological polar surface area (TPSA) is 137 Å². The second kappa shape index (κ2) is 43.9. The average molecular weight is 727 g/mol. The summed E-state index contributed by atoms with van der Waals surface area (Å²) in [5.41, 5.74) is 0.370. The number of unbranched alkanes of at least 4 members (excludes halogenated alkanes) is 5. The smallest absolute Gasteiger partial charge is 0.333 e. The van der Waals surface area contributed by atoms with Gasteiger partial charge in [0, 0.05) is 12.2 Å². The van der Waals surface area contributed by atoms with Gasteiger partial charge < -0.3 is 61.6 Å². The number of esters is 1. The van der Waals surface area contributed by atoms with Crippen LogP contribution in [0.3, 0.4) is 0 Å². The van der Waals surface area contributed by atoms with Gasteiger partial charge in [-0.15, -0.1) is 0 Å². The van der Waals surface area contributed by atoms with E-state index >= 15 is 0 Å². The van der Waals surface area contributed by atoms with Gasteiger partial charge in [0.2, 0.25) is 0 Å². The fourth-order valence-corrected chi connectivity index (χ4v) is 3.82. The number of hydrogen-bond donors (Lipinski definition) is 0. The molecule has 0 bridgehead atoms. The number of hydrogen-bond acceptors (Lipinski definition) is 14. The maximum Gasteiger partial charge on any atom is 0.333 e. The molecule has 0 aliphatic heterocycles. The van der Waals surface area contributed by atoms with Crippen LogP contribution < -0.4 is 0 Å².